The summed E-state index contributed by atoms with van der Waals surface area (Å²) in [5.74, 6) is 1.20. The lowest BCUT2D eigenvalue weighted by molar-refractivity contribution is 0.0729. The number of para-hydroxylation sites is 3. The average Bonchev–Trinajstić information content (AvgIpc) is 3.29. The van der Waals surface area contributed by atoms with E-state index in [4.69, 9.17) is 14.5 Å². The molecule has 5 aromatic rings. The molecular weight excluding hydrogens is 428 g/mol. The lowest BCUT2D eigenvalue weighted by Crippen LogP contribution is -2.24. The number of nitrogens with zero attached hydrogens (tertiary/aromatic N) is 3. The van der Waals surface area contributed by atoms with Gasteiger partial charge in [0.2, 0.25) is 0 Å². The molecule has 2 aromatic heterocycles. The molecular formula is C27H20N4O3. The van der Waals surface area contributed by atoms with Crippen LogP contribution in [-0.4, -0.2) is 27.6 Å². The van der Waals surface area contributed by atoms with Crippen molar-refractivity contribution in [2.24, 2.45) is 0 Å². The van der Waals surface area contributed by atoms with E-state index in [0.717, 1.165) is 33.7 Å². The molecule has 6 rings (SSSR count). The normalized spacial score (nSPS) is 14.1. The van der Waals surface area contributed by atoms with E-state index in [1.165, 1.54) is 6.20 Å². The molecule has 34 heavy (non-hydrogen) atoms. The van der Waals surface area contributed by atoms with E-state index in [1.54, 1.807) is 31.5 Å². The fourth-order valence-corrected chi connectivity index (χ4v) is 4.32. The van der Waals surface area contributed by atoms with Crippen molar-refractivity contribution in [3.05, 3.63) is 102 Å². The minimum Gasteiger partial charge on any atom is -0.493 e. The number of carbonyl (C=O) groups is 1. The van der Waals surface area contributed by atoms with Gasteiger partial charge in [-0.3, -0.25) is 9.55 Å². The molecule has 0 saturated carbocycles. The second kappa shape index (κ2) is 8.04. The Morgan fingerprint density at radius 1 is 0.971 bits per heavy atom. The maximum absolute atomic E-state index is 12.5. The summed E-state index contributed by atoms with van der Waals surface area (Å²) in [6, 6.07) is 25.1. The minimum atomic E-state index is -0.494. The van der Waals surface area contributed by atoms with Gasteiger partial charge in [-0.1, -0.05) is 30.3 Å². The summed E-state index contributed by atoms with van der Waals surface area (Å²) in [6.07, 6.45) is 2.85. The molecule has 0 saturated heterocycles. The number of rotatable bonds is 4. The van der Waals surface area contributed by atoms with Gasteiger partial charge in [0.25, 0.3) is 0 Å². The van der Waals surface area contributed by atoms with Gasteiger partial charge in [0.1, 0.15) is 12.0 Å². The number of pyridine rings is 1. The molecule has 3 heterocycles. The molecule has 166 valence electrons. The predicted molar refractivity (Wildman–Crippen MR) is 129 cm³/mol. The molecule has 0 spiro atoms. The fraction of sp³-hybridized carbons (Fsp3) is 0.0741. The molecule has 0 amide bonds. The standard InChI is InChI=1S/C27H20N4O3/c1-33-24-15-17(12-13-23(24)34-27(32)18-7-6-14-28-16-18)25-29-20-9-3-2-8-19(20)26-30-21-10-4-5-11-22(21)31(25)26/h2-16,25,29H,1H3. The Morgan fingerprint density at radius 2 is 1.82 bits per heavy atom. The number of aromatic nitrogens is 3. The van der Waals surface area contributed by atoms with Crippen molar-refractivity contribution in [2.75, 3.05) is 12.4 Å². The van der Waals surface area contributed by atoms with E-state index < -0.39 is 5.97 Å². The third-order valence-electron chi connectivity index (χ3n) is 5.92. The van der Waals surface area contributed by atoms with Crippen LogP contribution < -0.4 is 14.8 Å². The van der Waals surface area contributed by atoms with Crippen LogP contribution in [0.1, 0.15) is 22.1 Å². The van der Waals surface area contributed by atoms with Crippen LogP contribution in [0.5, 0.6) is 11.5 Å². The van der Waals surface area contributed by atoms with Crippen LogP contribution in [0.4, 0.5) is 5.69 Å². The van der Waals surface area contributed by atoms with Gasteiger partial charge in [-0.2, -0.15) is 0 Å². The zero-order chi connectivity index (χ0) is 23.1. The number of hydrogen-bond acceptors (Lipinski definition) is 6. The van der Waals surface area contributed by atoms with Gasteiger partial charge in [-0.15, -0.1) is 0 Å². The number of anilines is 1. The number of imidazole rings is 1. The molecule has 0 aliphatic carbocycles. The van der Waals surface area contributed by atoms with Crippen molar-refractivity contribution in [1.82, 2.24) is 14.5 Å². The molecule has 1 atom stereocenters. The molecule has 1 aliphatic rings. The maximum Gasteiger partial charge on any atom is 0.345 e. The van der Waals surface area contributed by atoms with Crippen LogP contribution in [-0.2, 0) is 0 Å². The number of methoxy groups -OCH3 is 1. The van der Waals surface area contributed by atoms with Crippen molar-refractivity contribution < 1.29 is 14.3 Å². The third kappa shape index (κ3) is 3.26. The lowest BCUT2D eigenvalue weighted by atomic mass is 10.1. The second-order valence-corrected chi connectivity index (χ2v) is 7.93. The first-order valence-electron chi connectivity index (χ1n) is 10.9. The van der Waals surface area contributed by atoms with Gasteiger partial charge < -0.3 is 14.8 Å². The molecule has 0 radical (unpaired) electrons. The number of fused-ring (bicyclic) bond motifs is 5. The predicted octanol–water partition coefficient (Wildman–Crippen LogP) is 5.30. The summed E-state index contributed by atoms with van der Waals surface area (Å²) in [5, 5.41) is 3.64. The highest BCUT2D eigenvalue weighted by Gasteiger charge is 2.29. The van der Waals surface area contributed by atoms with Crippen molar-refractivity contribution in [1.29, 1.82) is 0 Å². The second-order valence-electron chi connectivity index (χ2n) is 7.93. The van der Waals surface area contributed by atoms with E-state index >= 15 is 0 Å². The van der Waals surface area contributed by atoms with Crippen molar-refractivity contribution >= 4 is 22.7 Å². The van der Waals surface area contributed by atoms with Gasteiger partial charge in [0.05, 0.1) is 23.7 Å². The molecule has 1 unspecified atom stereocenters. The number of esters is 1. The van der Waals surface area contributed by atoms with Crippen molar-refractivity contribution in [2.45, 2.75) is 6.17 Å². The number of benzene rings is 3. The lowest BCUT2D eigenvalue weighted by Gasteiger charge is -2.30. The molecule has 3 aromatic carbocycles. The summed E-state index contributed by atoms with van der Waals surface area (Å²) in [6.45, 7) is 0. The first kappa shape index (κ1) is 20.0. The van der Waals surface area contributed by atoms with Crippen LogP contribution >= 0.6 is 0 Å². The Bertz CT molecular complexity index is 1530. The SMILES string of the molecule is COc1cc(C2Nc3ccccc3-c3nc4ccccc4n32)ccc1OC(=O)c1cccnc1. The summed E-state index contributed by atoms with van der Waals surface area (Å²) in [5.41, 5.74) is 5.31. The topological polar surface area (TPSA) is 78.3 Å². The molecule has 7 nitrogen and oxygen atoms in total. The Hall–Kier alpha value is -4.65. The quantitative estimate of drug-likeness (QED) is 0.297. The Morgan fingerprint density at radius 3 is 2.68 bits per heavy atom. The largest absolute Gasteiger partial charge is 0.493 e. The molecule has 1 aliphatic heterocycles. The van der Waals surface area contributed by atoms with Crippen LogP contribution in [0.15, 0.2) is 91.3 Å². The highest BCUT2D eigenvalue weighted by molar-refractivity contribution is 5.91. The van der Waals surface area contributed by atoms with E-state index in [-0.39, 0.29) is 6.17 Å². The zero-order valence-electron chi connectivity index (χ0n) is 18.3. The molecule has 7 heteroatoms. The summed E-state index contributed by atoms with van der Waals surface area (Å²) < 4.78 is 13.4. The smallest absolute Gasteiger partial charge is 0.345 e. The zero-order valence-corrected chi connectivity index (χ0v) is 18.3. The van der Waals surface area contributed by atoms with Crippen molar-refractivity contribution in [3.8, 4) is 22.9 Å². The number of ether oxygens (including phenoxy) is 2. The first-order valence-corrected chi connectivity index (χ1v) is 10.9. The van der Waals surface area contributed by atoms with E-state index in [9.17, 15) is 4.79 Å². The number of nitrogens with one attached hydrogen (secondary N) is 1. The van der Waals surface area contributed by atoms with Gasteiger partial charge >= 0.3 is 5.97 Å². The van der Waals surface area contributed by atoms with Crippen LogP contribution in [0, 0.1) is 0 Å². The highest BCUT2D eigenvalue weighted by Crippen LogP contribution is 2.42. The van der Waals surface area contributed by atoms with Crippen LogP contribution in [0.25, 0.3) is 22.4 Å². The van der Waals surface area contributed by atoms with E-state index in [2.05, 4.69) is 27.0 Å². The highest BCUT2D eigenvalue weighted by atomic mass is 16.6. The Labute approximate surface area is 195 Å². The van der Waals surface area contributed by atoms with Crippen molar-refractivity contribution in [3.63, 3.8) is 0 Å². The number of hydrogen-bond donors (Lipinski definition) is 1. The van der Waals surface area contributed by atoms with Gasteiger partial charge in [-0.25, -0.2) is 9.78 Å². The monoisotopic (exact) mass is 448 g/mol. The summed E-state index contributed by atoms with van der Waals surface area (Å²) in [4.78, 5) is 21.4. The van der Waals surface area contributed by atoms with Gasteiger partial charge in [-0.05, 0) is 54.1 Å². The third-order valence-corrected chi connectivity index (χ3v) is 5.92. The molecule has 1 N–H and O–H groups in total. The van der Waals surface area contributed by atoms with E-state index in [0.29, 0.717) is 17.1 Å². The minimum absolute atomic E-state index is 0.228. The average molecular weight is 448 g/mol. The fourth-order valence-electron chi connectivity index (χ4n) is 4.32. The molecule has 0 bridgehead atoms. The Kier molecular flexibility index (Phi) is 4.73. The summed E-state index contributed by atoms with van der Waals surface area (Å²) in [7, 11) is 1.56. The van der Waals surface area contributed by atoms with Crippen LogP contribution in [0.3, 0.4) is 0 Å². The Balaban J connectivity index is 1.42. The summed E-state index contributed by atoms with van der Waals surface area (Å²) >= 11 is 0. The van der Waals surface area contributed by atoms with Crippen LogP contribution in [0.2, 0.25) is 0 Å². The van der Waals surface area contributed by atoms with Gasteiger partial charge in [0, 0.05) is 23.6 Å². The van der Waals surface area contributed by atoms with Gasteiger partial charge in [0.15, 0.2) is 11.5 Å². The maximum atomic E-state index is 12.5. The number of carbonyl (C=O) groups excluding carboxylic acids is 1. The first-order chi connectivity index (χ1) is 16.7. The van der Waals surface area contributed by atoms with E-state index in [1.807, 2.05) is 48.5 Å². The molecule has 0 fully saturated rings.